The summed E-state index contributed by atoms with van der Waals surface area (Å²) in [6, 6.07) is 16.5. The maximum atomic E-state index is 13.2. The van der Waals surface area contributed by atoms with Crippen molar-refractivity contribution in [3.8, 4) is 0 Å². The molecule has 1 unspecified atom stereocenters. The van der Waals surface area contributed by atoms with Gasteiger partial charge in [0.2, 0.25) is 11.8 Å². The Morgan fingerprint density at radius 1 is 1.12 bits per heavy atom. The van der Waals surface area contributed by atoms with E-state index in [0.29, 0.717) is 12.2 Å². The Balaban J connectivity index is 1.92. The van der Waals surface area contributed by atoms with Gasteiger partial charge in [-0.3, -0.25) is 14.5 Å². The van der Waals surface area contributed by atoms with E-state index in [2.05, 4.69) is 6.07 Å². The predicted octanol–water partition coefficient (Wildman–Crippen LogP) is 2.35. The summed E-state index contributed by atoms with van der Waals surface area (Å²) in [6.07, 6.45) is 1.89. The molecule has 0 aliphatic carbocycles. The molecule has 25 heavy (non-hydrogen) atoms. The lowest BCUT2D eigenvalue weighted by Gasteiger charge is -2.35. The molecule has 0 radical (unpaired) electrons. The third kappa shape index (κ3) is 3.42. The van der Waals surface area contributed by atoms with E-state index in [4.69, 9.17) is 5.73 Å². The van der Waals surface area contributed by atoms with Crippen LogP contribution in [0.1, 0.15) is 18.9 Å². The largest absolute Gasteiger partial charge is 0.322 e. The van der Waals surface area contributed by atoms with Crippen molar-refractivity contribution in [2.45, 2.75) is 25.8 Å². The van der Waals surface area contributed by atoms with E-state index in [-0.39, 0.29) is 18.4 Å². The number of anilines is 2. The van der Waals surface area contributed by atoms with Crippen molar-refractivity contribution in [2.75, 3.05) is 22.9 Å². The fraction of sp³-hybridized carbons (Fsp3) is 0.300. The van der Waals surface area contributed by atoms with E-state index in [9.17, 15) is 9.59 Å². The molecule has 1 heterocycles. The highest BCUT2D eigenvalue weighted by Crippen LogP contribution is 2.28. The molecule has 0 fully saturated rings. The summed E-state index contributed by atoms with van der Waals surface area (Å²) in [5.41, 5.74) is 8.39. The summed E-state index contributed by atoms with van der Waals surface area (Å²) >= 11 is 0. The second-order valence-corrected chi connectivity index (χ2v) is 6.20. The topological polar surface area (TPSA) is 66.6 Å². The number of aryl methyl sites for hydroxylation is 1. The molecule has 2 N–H and O–H groups in total. The molecule has 2 amide bonds. The van der Waals surface area contributed by atoms with E-state index >= 15 is 0 Å². The fourth-order valence-electron chi connectivity index (χ4n) is 3.37. The van der Waals surface area contributed by atoms with Crippen LogP contribution in [0.3, 0.4) is 0 Å². The van der Waals surface area contributed by atoms with Crippen LogP contribution in [0, 0.1) is 0 Å². The molecule has 0 bridgehead atoms. The van der Waals surface area contributed by atoms with Crippen molar-refractivity contribution < 1.29 is 9.59 Å². The maximum Gasteiger partial charge on any atom is 0.249 e. The van der Waals surface area contributed by atoms with Gasteiger partial charge in [0, 0.05) is 17.9 Å². The van der Waals surface area contributed by atoms with Gasteiger partial charge in [0.05, 0.1) is 6.54 Å². The number of para-hydroxylation sites is 2. The van der Waals surface area contributed by atoms with Crippen LogP contribution in [0.4, 0.5) is 11.4 Å². The molecule has 1 atom stereocenters. The summed E-state index contributed by atoms with van der Waals surface area (Å²) in [5, 5.41) is 0. The number of carbonyl (C=O) groups is 2. The summed E-state index contributed by atoms with van der Waals surface area (Å²) in [7, 11) is 0. The number of rotatable bonds is 4. The van der Waals surface area contributed by atoms with Crippen molar-refractivity contribution in [3.63, 3.8) is 0 Å². The van der Waals surface area contributed by atoms with Gasteiger partial charge in [-0.25, -0.2) is 0 Å². The Bertz CT molecular complexity index is 761. The van der Waals surface area contributed by atoms with Crippen molar-refractivity contribution >= 4 is 23.2 Å². The summed E-state index contributed by atoms with van der Waals surface area (Å²) in [5.74, 6) is -0.352. The van der Waals surface area contributed by atoms with Crippen LogP contribution < -0.4 is 15.5 Å². The van der Waals surface area contributed by atoms with Gasteiger partial charge < -0.3 is 10.6 Å². The number of fused-ring (bicyclic) bond motifs is 1. The molecule has 2 aromatic carbocycles. The second-order valence-electron chi connectivity index (χ2n) is 6.20. The normalized spacial score (nSPS) is 14.6. The van der Waals surface area contributed by atoms with Crippen molar-refractivity contribution in [2.24, 2.45) is 5.73 Å². The van der Waals surface area contributed by atoms with Gasteiger partial charge >= 0.3 is 0 Å². The van der Waals surface area contributed by atoms with Crippen LogP contribution in [0.25, 0.3) is 0 Å². The Hall–Kier alpha value is -2.66. The summed E-state index contributed by atoms with van der Waals surface area (Å²) in [6.45, 7) is 2.29. The second kappa shape index (κ2) is 7.49. The first-order valence-corrected chi connectivity index (χ1v) is 8.60. The lowest BCUT2D eigenvalue weighted by atomic mass is 10.0. The smallest absolute Gasteiger partial charge is 0.249 e. The lowest BCUT2D eigenvalue weighted by Crippen LogP contribution is -2.52. The van der Waals surface area contributed by atoms with Crippen LogP contribution in [0.15, 0.2) is 54.6 Å². The molecule has 0 spiro atoms. The maximum absolute atomic E-state index is 13.2. The average Bonchev–Trinajstić information content (AvgIpc) is 2.67. The first-order valence-electron chi connectivity index (χ1n) is 8.60. The van der Waals surface area contributed by atoms with Gasteiger partial charge in [-0.1, -0.05) is 36.4 Å². The highest BCUT2D eigenvalue weighted by molar-refractivity contribution is 6.06. The van der Waals surface area contributed by atoms with E-state index in [1.807, 2.05) is 48.5 Å². The molecule has 0 saturated heterocycles. The van der Waals surface area contributed by atoms with Crippen molar-refractivity contribution in [1.82, 2.24) is 0 Å². The lowest BCUT2D eigenvalue weighted by molar-refractivity contribution is -0.124. The van der Waals surface area contributed by atoms with Crippen LogP contribution >= 0.6 is 0 Å². The van der Waals surface area contributed by atoms with Crippen LogP contribution in [0.5, 0.6) is 0 Å². The zero-order valence-corrected chi connectivity index (χ0v) is 14.4. The average molecular weight is 337 g/mol. The first-order chi connectivity index (χ1) is 12.1. The molecule has 5 heteroatoms. The number of benzene rings is 2. The summed E-state index contributed by atoms with van der Waals surface area (Å²) < 4.78 is 0. The molecule has 3 rings (SSSR count). The molecule has 2 aromatic rings. The molecule has 1 aliphatic rings. The van der Waals surface area contributed by atoms with Gasteiger partial charge in [-0.15, -0.1) is 0 Å². The minimum atomic E-state index is -0.621. The third-order valence-electron chi connectivity index (χ3n) is 4.60. The van der Waals surface area contributed by atoms with E-state index in [1.165, 1.54) is 10.5 Å². The van der Waals surface area contributed by atoms with Crippen molar-refractivity contribution in [3.05, 3.63) is 60.2 Å². The van der Waals surface area contributed by atoms with Gasteiger partial charge in [-0.05, 0) is 43.5 Å². The monoisotopic (exact) mass is 337 g/mol. The first kappa shape index (κ1) is 17.2. The number of hydrogen-bond donors (Lipinski definition) is 1. The Labute approximate surface area is 148 Å². The van der Waals surface area contributed by atoms with Crippen molar-refractivity contribution in [1.29, 1.82) is 0 Å². The number of hydrogen-bond acceptors (Lipinski definition) is 3. The third-order valence-corrected chi connectivity index (χ3v) is 4.60. The molecule has 0 saturated carbocycles. The van der Waals surface area contributed by atoms with Gasteiger partial charge in [0.25, 0.3) is 0 Å². The van der Waals surface area contributed by atoms with Gasteiger partial charge in [0.15, 0.2) is 0 Å². The Morgan fingerprint density at radius 3 is 2.52 bits per heavy atom. The number of carbonyl (C=O) groups excluding carboxylic acids is 2. The minimum Gasteiger partial charge on any atom is -0.322 e. The SMILES string of the molecule is CC(C(=O)N1CCCc2ccccc21)N(C(=O)CN)c1ccccc1. The molecular formula is C20H23N3O2. The van der Waals surface area contributed by atoms with E-state index in [1.54, 1.807) is 11.8 Å². The molecule has 0 aromatic heterocycles. The fourth-order valence-corrected chi connectivity index (χ4v) is 3.37. The van der Waals surface area contributed by atoms with Crippen LogP contribution in [-0.2, 0) is 16.0 Å². The zero-order valence-electron chi connectivity index (χ0n) is 14.4. The number of nitrogens with two attached hydrogens (primary N) is 1. The Morgan fingerprint density at radius 2 is 1.80 bits per heavy atom. The van der Waals surface area contributed by atoms with E-state index < -0.39 is 6.04 Å². The molecular weight excluding hydrogens is 314 g/mol. The number of amides is 2. The van der Waals surface area contributed by atoms with Gasteiger partial charge in [0.1, 0.15) is 6.04 Å². The highest BCUT2D eigenvalue weighted by Gasteiger charge is 2.32. The number of nitrogens with zero attached hydrogens (tertiary/aromatic N) is 2. The van der Waals surface area contributed by atoms with Crippen LogP contribution in [-0.4, -0.2) is 30.9 Å². The molecule has 130 valence electrons. The highest BCUT2D eigenvalue weighted by atomic mass is 16.2. The minimum absolute atomic E-state index is 0.0854. The molecule has 1 aliphatic heterocycles. The molecule has 5 nitrogen and oxygen atoms in total. The standard InChI is InChI=1S/C20H23N3O2/c1-15(23(19(24)14-21)17-10-3-2-4-11-17)20(25)22-13-7-9-16-8-5-6-12-18(16)22/h2-6,8,10-12,15H,7,9,13-14,21H2,1H3. The zero-order chi connectivity index (χ0) is 17.8. The Kier molecular flexibility index (Phi) is 5.14. The summed E-state index contributed by atoms with van der Waals surface area (Å²) in [4.78, 5) is 28.9. The predicted molar refractivity (Wildman–Crippen MR) is 99.6 cm³/mol. The van der Waals surface area contributed by atoms with E-state index in [0.717, 1.165) is 18.5 Å². The quantitative estimate of drug-likeness (QED) is 0.931. The van der Waals surface area contributed by atoms with Crippen LogP contribution in [0.2, 0.25) is 0 Å². The van der Waals surface area contributed by atoms with Gasteiger partial charge in [-0.2, -0.15) is 0 Å².